The van der Waals surface area contributed by atoms with Crippen molar-refractivity contribution in [2.24, 2.45) is 0 Å². The Morgan fingerprint density at radius 1 is 1.18 bits per heavy atom. The van der Waals surface area contributed by atoms with Gasteiger partial charge in [-0.1, -0.05) is 38.5 Å². The predicted octanol–water partition coefficient (Wildman–Crippen LogP) is 5.18. The van der Waals surface area contributed by atoms with Crippen molar-refractivity contribution in [2.45, 2.75) is 64.5 Å². The van der Waals surface area contributed by atoms with Crippen LogP contribution in [0.5, 0.6) is 5.75 Å². The Bertz CT molecular complexity index is 956. The van der Waals surface area contributed by atoms with Gasteiger partial charge in [-0.2, -0.15) is 0 Å². The molecule has 1 heterocycles. The van der Waals surface area contributed by atoms with E-state index in [1.165, 1.54) is 30.4 Å². The number of benzene rings is 2. The lowest BCUT2D eigenvalue weighted by Gasteiger charge is -2.26. The van der Waals surface area contributed by atoms with Crippen molar-refractivity contribution in [3.63, 3.8) is 0 Å². The van der Waals surface area contributed by atoms with Gasteiger partial charge in [0, 0.05) is 5.92 Å². The van der Waals surface area contributed by atoms with Gasteiger partial charge in [-0.15, -0.1) is 0 Å². The maximum absolute atomic E-state index is 10.7. The van der Waals surface area contributed by atoms with Crippen molar-refractivity contribution in [1.29, 1.82) is 0 Å². The maximum atomic E-state index is 10.7. The molecule has 28 heavy (non-hydrogen) atoms. The SMILES string of the molecule is Cc1cc(OCC(O)Cn2c(C3CCC3)nc3ccccc32)ccc1C(C)C. The minimum absolute atomic E-state index is 0.275. The van der Waals surface area contributed by atoms with Gasteiger partial charge in [-0.25, -0.2) is 4.98 Å². The second-order valence-electron chi connectivity index (χ2n) is 8.34. The molecule has 1 N–H and O–H groups in total. The summed E-state index contributed by atoms with van der Waals surface area (Å²) in [6.07, 6.45) is 3.07. The summed E-state index contributed by atoms with van der Waals surface area (Å²) in [4.78, 5) is 4.85. The van der Waals surface area contributed by atoms with Crippen LogP contribution in [0, 0.1) is 6.92 Å². The van der Waals surface area contributed by atoms with Crippen molar-refractivity contribution in [1.82, 2.24) is 9.55 Å². The summed E-state index contributed by atoms with van der Waals surface area (Å²) in [5, 5.41) is 10.7. The first kappa shape index (κ1) is 19.0. The lowest BCUT2D eigenvalue weighted by molar-refractivity contribution is 0.0919. The van der Waals surface area contributed by atoms with Gasteiger partial charge >= 0.3 is 0 Å². The molecule has 2 aromatic carbocycles. The van der Waals surface area contributed by atoms with Crippen molar-refractivity contribution in [3.8, 4) is 5.75 Å². The number of ether oxygens (including phenoxy) is 1. The van der Waals surface area contributed by atoms with Crippen LogP contribution >= 0.6 is 0 Å². The number of nitrogens with zero attached hydrogens (tertiary/aromatic N) is 2. The number of hydrogen-bond acceptors (Lipinski definition) is 3. The van der Waals surface area contributed by atoms with E-state index in [1.54, 1.807) is 0 Å². The summed E-state index contributed by atoms with van der Waals surface area (Å²) >= 11 is 0. The largest absolute Gasteiger partial charge is 0.491 e. The van der Waals surface area contributed by atoms with Crippen LogP contribution in [-0.2, 0) is 6.54 Å². The Balaban J connectivity index is 1.47. The van der Waals surface area contributed by atoms with Crippen LogP contribution in [0.4, 0.5) is 0 Å². The van der Waals surface area contributed by atoms with E-state index in [0.29, 0.717) is 18.4 Å². The number of imidazole rings is 1. The highest BCUT2D eigenvalue weighted by Gasteiger charge is 2.26. The lowest BCUT2D eigenvalue weighted by Crippen LogP contribution is -2.26. The molecule has 0 saturated heterocycles. The zero-order valence-electron chi connectivity index (χ0n) is 17.1. The molecule has 0 radical (unpaired) electrons. The minimum Gasteiger partial charge on any atom is -0.491 e. The van der Waals surface area contributed by atoms with Gasteiger partial charge in [-0.3, -0.25) is 0 Å². The lowest BCUT2D eigenvalue weighted by atomic mass is 9.85. The van der Waals surface area contributed by atoms with Crippen LogP contribution in [-0.4, -0.2) is 27.4 Å². The predicted molar refractivity (Wildman–Crippen MR) is 113 cm³/mol. The topological polar surface area (TPSA) is 47.3 Å². The fourth-order valence-electron chi connectivity index (χ4n) is 4.11. The quantitative estimate of drug-likeness (QED) is 0.616. The molecule has 1 saturated carbocycles. The summed E-state index contributed by atoms with van der Waals surface area (Å²) < 4.78 is 8.10. The number of aliphatic hydroxyl groups is 1. The third-order valence-electron chi connectivity index (χ3n) is 5.85. The second-order valence-corrected chi connectivity index (χ2v) is 8.34. The van der Waals surface area contributed by atoms with Crippen LogP contribution in [0.3, 0.4) is 0 Å². The number of fused-ring (bicyclic) bond motifs is 1. The second kappa shape index (κ2) is 7.96. The number of aliphatic hydroxyl groups excluding tert-OH is 1. The number of rotatable bonds is 7. The number of hydrogen-bond donors (Lipinski definition) is 1. The van der Waals surface area contributed by atoms with Gasteiger partial charge in [0.25, 0.3) is 0 Å². The van der Waals surface area contributed by atoms with Crippen molar-refractivity contribution < 1.29 is 9.84 Å². The molecule has 1 aromatic heterocycles. The first-order valence-corrected chi connectivity index (χ1v) is 10.4. The molecule has 3 aromatic rings. The van der Waals surface area contributed by atoms with E-state index in [4.69, 9.17) is 9.72 Å². The molecule has 4 rings (SSSR count). The molecule has 0 spiro atoms. The third kappa shape index (κ3) is 3.79. The van der Waals surface area contributed by atoms with E-state index in [0.717, 1.165) is 22.6 Å². The smallest absolute Gasteiger partial charge is 0.119 e. The van der Waals surface area contributed by atoms with E-state index in [2.05, 4.69) is 49.6 Å². The van der Waals surface area contributed by atoms with Crippen LogP contribution in [0.1, 0.15) is 61.9 Å². The summed E-state index contributed by atoms with van der Waals surface area (Å²) in [7, 11) is 0. The zero-order valence-corrected chi connectivity index (χ0v) is 17.1. The summed E-state index contributed by atoms with van der Waals surface area (Å²) in [6.45, 7) is 7.29. The first-order chi connectivity index (χ1) is 13.5. The van der Waals surface area contributed by atoms with Crippen LogP contribution < -0.4 is 4.74 Å². The van der Waals surface area contributed by atoms with Crippen molar-refractivity contribution in [2.75, 3.05) is 6.61 Å². The van der Waals surface area contributed by atoms with Gasteiger partial charge in [0.2, 0.25) is 0 Å². The molecule has 4 nitrogen and oxygen atoms in total. The molecule has 1 atom stereocenters. The molecule has 1 aliphatic rings. The van der Waals surface area contributed by atoms with E-state index in [-0.39, 0.29) is 6.61 Å². The summed E-state index contributed by atoms with van der Waals surface area (Å²) in [6, 6.07) is 14.4. The Kier molecular flexibility index (Phi) is 5.40. The molecule has 4 heteroatoms. The van der Waals surface area contributed by atoms with Gasteiger partial charge < -0.3 is 14.4 Å². The number of para-hydroxylation sites is 2. The average molecular weight is 379 g/mol. The van der Waals surface area contributed by atoms with Crippen LogP contribution in [0.15, 0.2) is 42.5 Å². The molecule has 0 aliphatic heterocycles. The normalized spacial score (nSPS) is 15.8. The number of aryl methyl sites for hydroxylation is 1. The Labute approximate surface area is 167 Å². The van der Waals surface area contributed by atoms with E-state index >= 15 is 0 Å². The molecular weight excluding hydrogens is 348 g/mol. The first-order valence-electron chi connectivity index (χ1n) is 10.4. The molecule has 1 unspecified atom stereocenters. The van der Waals surface area contributed by atoms with E-state index < -0.39 is 6.10 Å². The Morgan fingerprint density at radius 2 is 1.96 bits per heavy atom. The number of aromatic nitrogens is 2. The monoisotopic (exact) mass is 378 g/mol. The third-order valence-corrected chi connectivity index (χ3v) is 5.85. The Morgan fingerprint density at radius 3 is 2.64 bits per heavy atom. The van der Waals surface area contributed by atoms with Gasteiger partial charge in [0.05, 0.1) is 17.6 Å². The average Bonchev–Trinajstić information content (AvgIpc) is 2.96. The van der Waals surface area contributed by atoms with E-state index in [1.807, 2.05) is 18.2 Å². The van der Waals surface area contributed by atoms with Crippen LogP contribution in [0.25, 0.3) is 11.0 Å². The minimum atomic E-state index is -0.582. The highest BCUT2D eigenvalue weighted by molar-refractivity contribution is 5.76. The summed E-state index contributed by atoms with van der Waals surface area (Å²) in [5.74, 6) is 2.95. The zero-order chi connectivity index (χ0) is 19.7. The molecule has 0 amide bonds. The van der Waals surface area contributed by atoms with Crippen molar-refractivity contribution in [3.05, 3.63) is 59.4 Å². The molecular formula is C24H30N2O2. The molecule has 148 valence electrons. The molecule has 1 aliphatic carbocycles. The summed E-state index contributed by atoms with van der Waals surface area (Å²) in [5.41, 5.74) is 4.68. The Hall–Kier alpha value is -2.33. The maximum Gasteiger partial charge on any atom is 0.119 e. The van der Waals surface area contributed by atoms with Gasteiger partial charge in [-0.05, 0) is 61.1 Å². The van der Waals surface area contributed by atoms with Crippen LogP contribution in [0.2, 0.25) is 0 Å². The molecule has 0 bridgehead atoms. The fraction of sp³-hybridized carbons (Fsp3) is 0.458. The standard InChI is InChI=1S/C24H30N2O2/c1-16(2)21-12-11-20(13-17(21)3)28-15-19(27)14-26-23-10-5-4-9-22(23)25-24(26)18-7-6-8-18/h4-5,9-13,16,18-19,27H,6-8,14-15H2,1-3H3. The molecule has 1 fully saturated rings. The van der Waals surface area contributed by atoms with Gasteiger partial charge in [0.1, 0.15) is 24.3 Å². The van der Waals surface area contributed by atoms with E-state index in [9.17, 15) is 5.11 Å². The van der Waals surface area contributed by atoms with Crippen molar-refractivity contribution >= 4 is 11.0 Å². The highest BCUT2D eigenvalue weighted by atomic mass is 16.5. The van der Waals surface area contributed by atoms with Gasteiger partial charge in [0.15, 0.2) is 0 Å². The highest BCUT2D eigenvalue weighted by Crippen LogP contribution is 2.37. The fourth-order valence-corrected chi connectivity index (χ4v) is 4.11.